The van der Waals surface area contributed by atoms with Gasteiger partial charge >= 0.3 is 0 Å². The van der Waals surface area contributed by atoms with E-state index in [2.05, 4.69) is 10.0 Å². The van der Waals surface area contributed by atoms with Gasteiger partial charge in [-0.2, -0.15) is 5.26 Å². The molecule has 0 aliphatic rings. The molecule has 7 heteroatoms. The van der Waals surface area contributed by atoms with Gasteiger partial charge < -0.3 is 5.32 Å². The van der Waals surface area contributed by atoms with E-state index >= 15 is 0 Å². The van der Waals surface area contributed by atoms with Crippen LogP contribution >= 0.6 is 11.6 Å². The predicted octanol–water partition coefficient (Wildman–Crippen LogP) is 1.10. The first-order valence-electron chi connectivity index (χ1n) is 5.41. The average molecular weight is 288 g/mol. The van der Waals surface area contributed by atoms with Crippen molar-refractivity contribution in [2.45, 2.75) is 11.8 Å². The summed E-state index contributed by atoms with van der Waals surface area (Å²) in [7, 11) is -3.68. The number of benzene rings is 1. The van der Waals surface area contributed by atoms with Crippen molar-refractivity contribution < 1.29 is 8.42 Å². The lowest BCUT2D eigenvalue weighted by Crippen LogP contribution is -2.32. The normalized spacial score (nSPS) is 11.2. The van der Waals surface area contributed by atoms with Crippen molar-refractivity contribution in [3.8, 4) is 6.07 Å². The van der Waals surface area contributed by atoms with E-state index in [0.29, 0.717) is 6.54 Å². The fraction of sp³-hybridized carbons (Fsp3) is 0.364. The fourth-order valence-corrected chi connectivity index (χ4v) is 2.86. The number of hydrogen-bond acceptors (Lipinski definition) is 4. The molecule has 0 heterocycles. The van der Waals surface area contributed by atoms with Crippen LogP contribution in [0, 0.1) is 11.3 Å². The monoisotopic (exact) mass is 287 g/mol. The van der Waals surface area contributed by atoms with Crippen LogP contribution in [0.25, 0.3) is 0 Å². The Morgan fingerprint density at radius 3 is 2.72 bits per heavy atom. The van der Waals surface area contributed by atoms with Gasteiger partial charge in [0.2, 0.25) is 10.0 Å². The molecule has 0 saturated heterocycles. The van der Waals surface area contributed by atoms with E-state index in [-0.39, 0.29) is 22.0 Å². The summed E-state index contributed by atoms with van der Waals surface area (Å²) < 4.78 is 26.3. The van der Waals surface area contributed by atoms with Crippen molar-refractivity contribution in [1.29, 1.82) is 5.26 Å². The number of likely N-dealkylation sites (N-methyl/N-ethyl adjacent to an activating group) is 1. The van der Waals surface area contributed by atoms with E-state index < -0.39 is 10.0 Å². The lowest BCUT2D eigenvalue weighted by molar-refractivity contribution is 0.577. The second-order valence-electron chi connectivity index (χ2n) is 3.51. The van der Waals surface area contributed by atoms with Gasteiger partial charge in [0, 0.05) is 13.1 Å². The molecule has 0 fully saturated rings. The molecule has 98 valence electrons. The van der Waals surface area contributed by atoms with E-state index in [1.54, 1.807) is 0 Å². The van der Waals surface area contributed by atoms with E-state index in [9.17, 15) is 8.42 Å². The van der Waals surface area contributed by atoms with E-state index in [0.717, 1.165) is 6.54 Å². The Morgan fingerprint density at radius 1 is 1.39 bits per heavy atom. The molecule has 0 spiro atoms. The van der Waals surface area contributed by atoms with Crippen molar-refractivity contribution >= 4 is 21.6 Å². The van der Waals surface area contributed by atoms with Crippen molar-refractivity contribution in [2.75, 3.05) is 19.6 Å². The minimum absolute atomic E-state index is 0.0697. The Labute approximate surface area is 112 Å². The van der Waals surface area contributed by atoms with Crippen LogP contribution in [0.15, 0.2) is 23.1 Å². The second kappa shape index (κ2) is 6.71. The summed E-state index contributed by atoms with van der Waals surface area (Å²) in [4.78, 5) is -0.0697. The maximum atomic E-state index is 12.0. The summed E-state index contributed by atoms with van der Waals surface area (Å²) in [5.41, 5.74) is 0.256. The standard InChI is InChI=1S/C11H14ClN3O2S/c1-2-14-5-6-15-18(16,17)11-7-9(8-13)3-4-10(11)12/h3-4,7,14-15H,2,5-6H2,1H3. The highest BCUT2D eigenvalue weighted by atomic mass is 35.5. The molecular formula is C11H14ClN3O2S. The van der Waals surface area contributed by atoms with Crippen LogP contribution in [0.2, 0.25) is 5.02 Å². The van der Waals surface area contributed by atoms with Gasteiger partial charge in [0.15, 0.2) is 0 Å². The summed E-state index contributed by atoms with van der Waals surface area (Å²) in [5, 5.41) is 11.8. The molecule has 0 bridgehead atoms. The van der Waals surface area contributed by atoms with Gasteiger partial charge in [0.05, 0.1) is 16.7 Å². The predicted molar refractivity (Wildman–Crippen MR) is 69.9 cm³/mol. The van der Waals surface area contributed by atoms with Crippen molar-refractivity contribution in [3.63, 3.8) is 0 Å². The molecule has 0 saturated carbocycles. The first kappa shape index (κ1) is 14.9. The highest BCUT2D eigenvalue weighted by Gasteiger charge is 2.17. The molecule has 0 amide bonds. The van der Waals surface area contributed by atoms with Gasteiger partial charge in [-0.1, -0.05) is 18.5 Å². The minimum Gasteiger partial charge on any atom is -0.316 e. The Bertz CT molecular complexity index is 552. The summed E-state index contributed by atoms with van der Waals surface area (Å²) in [6.45, 7) is 3.50. The van der Waals surface area contributed by atoms with Crippen LogP contribution in [0.1, 0.15) is 12.5 Å². The molecule has 0 aliphatic heterocycles. The smallest absolute Gasteiger partial charge is 0.242 e. The van der Waals surface area contributed by atoms with Gasteiger partial charge in [-0.05, 0) is 24.7 Å². The van der Waals surface area contributed by atoms with Crippen molar-refractivity contribution in [2.24, 2.45) is 0 Å². The quantitative estimate of drug-likeness (QED) is 0.768. The zero-order chi connectivity index (χ0) is 13.6. The van der Waals surface area contributed by atoms with Crippen LogP contribution in [-0.2, 0) is 10.0 Å². The number of nitrogens with zero attached hydrogens (tertiary/aromatic N) is 1. The maximum absolute atomic E-state index is 12.0. The molecule has 0 aromatic heterocycles. The molecule has 1 aromatic carbocycles. The van der Waals surface area contributed by atoms with Crippen LogP contribution in [0.3, 0.4) is 0 Å². The number of rotatable bonds is 6. The van der Waals surface area contributed by atoms with Crippen molar-refractivity contribution in [3.05, 3.63) is 28.8 Å². The van der Waals surface area contributed by atoms with Crippen LogP contribution in [0.5, 0.6) is 0 Å². The minimum atomic E-state index is -3.68. The van der Waals surface area contributed by atoms with E-state index in [1.807, 2.05) is 13.0 Å². The Morgan fingerprint density at radius 2 is 2.11 bits per heavy atom. The second-order valence-corrected chi connectivity index (χ2v) is 5.65. The molecular weight excluding hydrogens is 274 g/mol. The Balaban J connectivity index is 2.88. The van der Waals surface area contributed by atoms with Crippen molar-refractivity contribution in [1.82, 2.24) is 10.0 Å². The highest BCUT2D eigenvalue weighted by Crippen LogP contribution is 2.22. The summed E-state index contributed by atoms with van der Waals surface area (Å²) in [6, 6.07) is 6.02. The lowest BCUT2D eigenvalue weighted by atomic mass is 10.2. The molecule has 2 N–H and O–H groups in total. The molecule has 0 unspecified atom stereocenters. The molecule has 5 nitrogen and oxygen atoms in total. The molecule has 0 radical (unpaired) electrons. The molecule has 1 rings (SSSR count). The number of halogens is 1. The molecule has 0 aliphatic carbocycles. The number of nitrogens with one attached hydrogen (secondary N) is 2. The third kappa shape index (κ3) is 3.96. The number of hydrogen-bond donors (Lipinski definition) is 2. The highest BCUT2D eigenvalue weighted by molar-refractivity contribution is 7.89. The van der Waals surface area contributed by atoms with Gasteiger partial charge in [-0.3, -0.25) is 0 Å². The van der Waals surface area contributed by atoms with Gasteiger partial charge in [-0.25, -0.2) is 13.1 Å². The van der Waals surface area contributed by atoms with E-state index in [4.69, 9.17) is 16.9 Å². The van der Waals surface area contributed by atoms with Gasteiger partial charge in [0.1, 0.15) is 4.90 Å². The Hall–Kier alpha value is -1.13. The topological polar surface area (TPSA) is 82.0 Å². The van der Waals surface area contributed by atoms with Crippen LogP contribution < -0.4 is 10.0 Å². The van der Waals surface area contributed by atoms with Crippen LogP contribution in [0.4, 0.5) is 0 Å². The molecule has 0 atom stereocenters. The summed E-state index contributed by atoms with van der Waals surface area (Å²) in [6.07, 6.45) is 0. The first-order valence-corrected chi connectivity index (χ1v) is 7.27. The van der Waals surface area contributed by atoms with Gasteiger partial charge in [0.25, 0.3) is 0 Å². The molecule has 18 heavy (non-hydrogen) atoms. The Kier molecular flexibility index (Phi) is 5.56. The first-order chi connectivity index (χ1) is 8.51. The number of nitriles is 1. The van der Waals surface area contributed by atoms with Crippen LogP contribution in [-0.4, -0.2) is 28.1 Å². The largest absolute Gasteiger partial charge is 0.316 e. The fourth-order valence-electron chi connectivity index (χ4n) is 1.31. The molecule has 1 aromatic rings. The third-order valence-electron chi connectivity index (χ3n) is 2.19. The lowest BCUT2D eigenvalue weighted by Gasteiger charge is -2.08. The summed E-state index contributed by atoms with van der Waals surface area (Å²) in [5.74, 6) is 0. The van der Waals surface area contributed by atoms with Gasteiger partial charge in [-0.15, -0.1) is 0 Å². The zero-order valence-corrected chi connectivity index (χ0v) is 11.5. The maximum Gasteiger partial charge on any atom is 0.242 e. The number of sulfonamides is 1. The zero-order valence-electron chi connectivity index (χ0n) is 9.90. The summed E-state index contributed by atoms with van der Waals surface area (Å²) >= 11 is 5.83. The van der Waals surface area contributed by atoms with E-state index in [1.165, 1.54) is 18.2 Å². The SMILES string of the molecule is CCNCCNS(=O)(=O)c1cc(C#N)ccc1Cl. The third-order valence-corrected chi connectivity index (χ3v) is 4.14. The average Bonchev–Trinajstić information content (AvgIpc) is 2.35.